The van der Waals surface area contributed by atoms with E-state index in [1.54, 1.807) is 14.0 Å². The van der Waals surface area contributed by atoms with Gasteiger partial charge in [-0.3, -0.25) is 4.79 Å². The predicted molar refractivity (Wildman–Crippen MR) is 88.3 cm³/mol. The fraction of sp³-hybridized carbons (Fsp3) is 0.529. The number of piperidine rings is 1. The van der Waals surface area contributed by atoms with Crippen LogP contribution in [0.1, 0.15) is 31.7 Å². The monoisotopic (exact) mass is 319 g/mol. The van der Waals surface area contributed by atoms with Crippen molar-refractivity contribution in [3.8, 4) is 5.75 Å². The molecule has 0 radical (unpaired) electrons. The molecule has 1 aromatic rings. The highest BCUT2D eigenvalue weighted by atomic mass is 16.5. The molecule has 1 aliphatic rings. The number of nitrogens with one attached hydrogen (secondary N) is 2. The molecule has 0 spiro atoms. The molecule has 1 heterocycles. The molecule has 0 saturated carbocycles. The van der Waals surface area contributed by atoms with Gasteiger partial charge in [-0.25, -0.2) is 4.79 Å². The summed E-state index contributed by atoms with van der Waals surface area (Å²) in [5.74, 6) is 0.711. The Kier molecular flexibility index (Phi) is 6.26. The Hall–Kier alpha value is -2.24. The van der Waals surface area contributed by atoms with Crippen LogP contribution in [0.5, 0.6) is 5.75 Å². The number of hydrogen-bond donors (Lipinski definition) is 2. The first-order chi connectivity index (χ1) is 11.1. The van der Waals surface area contributed by atoms with Crippen LogP contribution in [0, 0.1) is 0 Å². The van der Waals surface area contributed by atoms with Crippen molar-refractivity contribution < 1.29 is 14.3 Å². The number of amides is 3. The maximum absolute atomic E-state index is 12.3. The highest BCUT2D eigenvalue weighted by molar-refractivity contribution is 5.86. The lowest BCUT2D eigenvalue weighted by molar-refractivity contribution is -0.133. The number of methoxy groups -OCH3 is 1. The fourth-order valence-corrected chi connectivity index (χ4v) is 2.72. The number of hydrogen-bond acceptors (Lipinski definition) is 3. The lowest BCUT2D eigenvalue weighted by atomic mass is 10.1. The lowest BCUT2D eigenvalue weighted by Crippen LogP contribution is -2.50. The van der Waals surface area contributed by atoms with Gasteiger partial charge in [-0.1, -0.05) is 18.2 Å². The van der Waals surface area contributed by atoms with Crippen LogP contribution in [0.3, 0.4) is 0 Å². The quantitative estimate of drug-likeness (QED) is 0.871. The highest BCUT2D eigenvalue weighted by Crippen LogP contribution is 2.16. The molecule has 0 aromatic heterocycles. The molecule has 1 atom stereocenters. The third-order valence-corrected chi connectivity index (χ3v) is 4.02. The normalized spacial score (nSPS) is 15.7. The molecular weight excluding hydrogens is 294 g/mol. The van der Waals surface area contributed by atoms with Gasteiger partial charge in [-0.2, -0.15) is 0 Å². The summed E-state index contributed by atoms with van der Waals surface area (Å²) in [5.41, 5.74) is 0.889. The van der Waals surface area contributed by atoms with E-state index < -0.39 is 6.04 Å². The average Bonchev–Trinajstić information content (AvgIpc) is 2.60. The lowest BCUT2D eigenvalue weighted by Gasteiger charge is -2.29. The van der Waals surface area contributed by atoms with Crippen LogP contribution in [-0.4, -0.2) is 43.1 Å². The minimum atomic E-state index is -0.522. The van der Waals surface area contributed by atoms with Crippen molar-refractivity contribution >= 4 is 11.9 Å². The largest absolute Gasteiger partial charge is 0.496 e. The maximum Gasteiger partial charge on any atom is 0.315 e. The van der Waals surface area contributed by atoms with Crippen molar-refractivity contribution in [2.75, 3.05) is 20.2 Å². The first-order valence-electron chi connectivity index (χ1n) is 8.07. The van der Waals surface area contributed by atoms with Crippen LogP contribution in [0.4, 0.5) is 4.79 Å². The number of nitrogens with zero attached hydrogens (tertiary/aromatic N) is 1. The van der Waals surface area contributed by atoms with Crippen LogP contribution in [0.15, 0.2) is 24.3 Å². The Morgan fingerprint density at radius 2 is 1.91 bits per heavy atom. The van der Waals surface area contributed by atoms with Crippen molar-refractivity contribution in [1.82, 2.24) is 15.5 Å². The molecule has 1 fully saturated rings. The van der Waals surface area contributed by atoms with Crippen molar-refractivity contribution in [2.45, 2.75) is 38.8 Å². The highest BCUT2D eigenvalue weighted by Gasteiger charge is 2.23. The number of ether oxygens (including phenoxy) is 1. The molecule has 1 aliphatic heterocycles. The summed E-state index contributed by atoms with van der Waals surface area (Å²) < 4.78 is 5.24. The van der Waals surface area contributed by atoms with Crippen molar-refractivity contribution in [1.29, 1.82) is 0 Å². The first kappa shape index (κ1) is 17.1. The van der Waals surface area contributed by atoms with Crippen LogP contribution in [-0.2, 0) is 11.3 Å². The molecule has 0 aliphatic carbocycles. The number of carbonyl (C=O) groups is 2. The summed E-state index contributed by atoms with van der Waals surface area (Å²) >= 11 is 0. The second kappa shape index (κ2) is 8.41. The minimum Gasteiger partial charge on any atom is -0.496 e. The van der Waals surface area contributed by atoms with E-state index in [-0.39, 0.29) is 11.9 Å². The van der Waals surface area contributed by atoms with Crippen LogP contribution in [0.2, 0.25) is 0 Å². The molecular formula is C17H25N3O3. The van der Waals surface area contributed by atoms with Gasteiger partial charge in [0.15, 0.2) is 0 Å². The predicted octanol–water partition coefficient (Wildman–Crippen LogP) is 1.90. The number of urea groups is 1. The minimum absolute atomic E-state index is 0.0165. The summed E-state index contributed by atoms with van der Waals surface area (Å²) in [6, 6.07) is 6.63. The van der Waals surface area contributed by atoms with E-state index in [1.807, 2.05) is 29.2 Å². The Labute approximate surface area is 137 Å². The number of benzene rings is 1. The van der Waals surface area contributed by atoms with Crippen molar-refractivity contribution in [3.05, 3.63) is 29.8 Å². The molecule has 2 rings (SSSR count). The second-order valence-electron chi connectivity index (χ2n) is 5.75. The van der Waals surface area contributed by atoms with E-state index in [4.69, 9.17) is 4.74 Å². The first-order valence-corrected chi connectivity index (χ1v) is 8.07. The van der Waals surface area contributed by atoms with E-state index in [0.717, 1.165) is 37.2 Å². The standard InChI is InChI=1S/C17H25N3O3/c1-13(16(21)20-10-6-3-7-11-20)19-17(22)18-12-14-8-4-5-9-15(14)23-2/h4-5,8-9,13H,3,6-7,10-12H2,1-2H3,(H2,18,19,22)/t13-/m0/s1. The third kappa shape index (κ3) is 4.87. The van der Waals surface area contributed by atoms with E-state index in [1.165, 1.54) is 6.42 Å². The molecule has 3 amide bonds. The summed E-state index contributed by atoms with van der Waals surface area (Å²) in [6.45, 7) is 3.64. The van der Waals surface area contributed by atoms with Gasteiger partial charge in [-0.15, -0.1) is 0 Å². The molecule has 1 aromatic carbocycles. The van der Waals surface area contributed by atoms with E-state index in [9.17, 15) is 9.59 Å². The summed E-state index contributed by atoms with van der Waals surface area (Å²) in [7, 11) is 1.60. The van der Waals surface area contributed by atoms with Crippen LogP contribution < -0.4 is 15.4 Å². The molecule has 0 bridgehead atoms. The smallest absolute Gasteiger partial charge is 0.315 e. The SMILES string of the molecule is COc1ccccc1CNC(=O)N[C@@H](C)C(=O)N1CCCCC1. The van der Waals surface area contributed by atoms with Crippen molar-refractivity contribution in [3.63, 3.8) is 0 Å². The molecule has 6 nitrogen and oxygen atoms in total. The summed E-state index contributed by atoms with van der Waals surface area (Å²) in [6.07, 6.45) is 3.25. The van der Waals surface area contributed by atoms with Gasteiger partial charge in [0, 0.05) is 25.2 Å². The zero-order valence-corrected chi connectivity index (χ0v) is 13.8. The van der Waals surface area contributed by atoms with Crippen LogP contribution in [0.25, 0.3) is 0 Å². The van der Waals surface area contributed by atoms with E-state index >= 15 is 0 Å². The Balaban J connectivity index is 1.80. The second-order valence-corrected chi connectivity index (χ2v) is 5.75. The molecule has 23 heavy (non-hydrogen) atoms. The zero-order chi connectivity index (χ0) is 16.7. The maximum atomic E-state index is 12.3. The number of rotatable bonds is 5. The topological polar surface area (TPSA) is 70.7 Å². The van der Waals surface area contributed by atoms with Crippen molar-refractivity contribution in [2.24, 2.45) is 0 Å². The van der Waals surface area contributed by atoms with Gasteiger partial charge in [0.1, 0.15) is 11.8 Å². The number of likely N-dealkylation sites (tertiary alicyclic amines) is 1. The number of para-hydroxylation sites is 1. The summed E-state index contributed by atoms with van der Waals surface area (Å²) in [5, 5.41) is 5.46. The van der Waals surface area contributed by atoms with Gasteiger partial charge in [-0.05, 0) is 32.3 Å². The van der Waals surface area contributed by atoms with Crippen LogP contribution >= 0.6 is 0 Å². The number of carbonyl (C=O) groups excluding carboxylic acids is 2. The summed E-state index contributed by atoms with van der Waals surface area (Å²) in [4.78, 5) is 26.1. The average molecular weight is 319 g/mol. The van der Waals surface area contributed by atoms with Gasteiger partial charge in [0.25, 0.3) is 0 Å². The van der Waals surface area contributed by atoms with Gasteiger partial charge >= 0.3 is 6.03 Å². The van der Waals surface area contributed by atoms with Gasteiger partial charge in [0.2, 0.25) is 5.91 Å². The third-order valence-electron chi connectivity index (χ3n) is 4.02. The van der Waals surface area contributed by atoms with Gasteiger partial charge < -0.3 is 20.3 Å². The Bertz CT molecular complexity index is 542. The molecule has 1 saturated heterocycles. The van der Waals surface area contributed by atoms with E-state index in [0.29, 0.717) is 6.54 Å². The Morgan fingerprint density at radius 3 is 2.61 bits per heavy atom. The zero-order valence-electron chi connectivity index (χ0n) is 13.8. The molecule has 2 N–H and O–H groups in total. The molecule has 6 heteroatoms. The fourth-order valence-electron chi connectivity index (χ4n) is 2.72. The van der Waals surface area contributed by atoms with Gasteiger partial charge in [0.05, 0.1) is 7.11 Å². The molecule has 126 valence electrons. The van der Waals surface area contributed by atoms with E-state index in [2.05, 4.69) is 10.6 Å². The molecule has 0 unspecified atom stereocenters. The Morgan fingerprint density at radius 1 is 1.22 bits per heavy atom.